The van der Waals surface area contributed by atoms with E-state index in [9.17, 15) is 8.78 Å². The van der Waals surface area contributed by atoms with Crippen molar-refractivity contribution in [1.29, 1.82) is 0 Å². The van der Waals surface area contributed by atoms with E-state index in [1.807, 2.05) is 30.3 Å². The summed E-state index contributed by atoms with van der Waals surface area (Å²) >= 11 is 0. The van der Waals surface area contributed by atoms with Crippen LogP contribution in [0.5, 0.6) is 11.5 Å². The van der Waals surface area contributed by atoms with Crippen molar-refractivity contribution in [2.24, 2.45) is 0 Å². The number of methoxy groups -OCH3 is 1. The highest BCUT2D eigenvalue weighted by atomic mass is 19.1. The van der Waals surface area contributed by atoms with Crippen molar-refractivity contribution in [1.82, 2.24) is 9.80 Å². The zero-order chi connectivity index (χ0) is 23.0. The molecule has 1 unspecified atom stereocenters. The largest absolute Gasteiger partial charge is 0.497 e. The fraction of sp³-hybridized carbons (Fsp3) is 0.333. The van der Waals surface area contributed by atoms with E-state index in [0.29, 0.717) is 6.42 Å². The van der Waals surface area contributed by atoms with E-state index in [2.05, 4.69) is 34.1 Å². The Morgan fingerprint density at radius 3 is 2.21 bits per heavy atom. The maximum Gasteiger partial charge on any atom is 0.168 e. The van der Waals surface area contributed by atoms with E-state index >= 15 is 0 Å². The van der Waals surface area contributed by atoms with Crippen molar-refractivity contribution in [3.63, 3.8) is 0 Å². The molecule has 3 aromatic carbocycles. The quantitative estimate of drug-likeness (QED) is 0.440. The fourth-order valence-electron chi connectivity index (χ4n) is 4.15. The second-order valence-corrected chi connectivity index (χ2v) is 8.35. The molecule has 1 aliphatic rings. The highest BCUT2D eigenvalue weighted by Gasteiger charge is 2.21. The van der Waals surface area contributed by atoms with Crippen LogP contribution < -0.4 is 9.47 Å². The number of rotatable bonds is 9. The van der Waals surface area contributed by atoms with Crippen LogP contribution in [0.25, 0.3) is 0 Å². The number of hydrogen-bond acceptors (Lipinski definition) is 4. The average Bonchev–Trinajstić information content (AvgIpc) is 2.85. The average molecular weight is 453 g/mol. The summed E-state index contributed by atoms with van der Waals surface area (Å²) < 4.78 is 38.9. The minimum atomic E-state index is -0.692. The van der Waals surface area contributed by atoms with Crippen molar-refractivity contribution < 1.29 is 18.3 Å². The highest BCUT2D eigenvalue weighted by molar-refractivity contribution is 5.31. The Morgan fingerprint density at radius 1 is 0.848 bits per heavy atom. The Bertz CT molecular complexity index is 1010. The van der Waals surface area contributed by atoms with Gasteiger partial charge in [-0.1, -0.05) is 42.5 Å². The van der Waals surface area contributed by atoms with Gasteiger partial charge in [0.25, 0.3) is 0 Å². The zero-order valence-corrected chi connectivity index (χ0v) is 18.9. The molecule has 0 spiro atoms. The van der Waals surface area contributed by atoms with E-state index in [0.717, 1.165) is 56.6 Å². The number of piperazine rings is 1. The molecule has 0 N–H and O–H groups in total. The molecule has 6 heteroatoms. The molecule has 0 radical (unpaired) electrons. The number of ether oxygens (including phenoxy) is 2. The summed E-state index contributed by atoms with van der Waals surface area (Å²) in [6.07, 6.45) is 0.347. The van der Waals surface area contributed by atoms with Crippen LogP contribution in [0.2, 0.25) is 0 Å². The molecule has 3 aromatic rings. The topological polar surface area (TPSA) is 24.9 Å². The van der Waals surface area contributed by atoms with Crippen molar-refractivity contribution >= 4 is 0 Å². The van der Waals surface area contributed by atoms with Crippen LogP contribution in [-0.2, 0) is 6.54 Å². The SMILES string of the molecule is COc1ccc(C(CCN2CCN(Cc3ccccc3)CC2)Oc2ccc(F)cc2F)cc1. The lowest BCUT2D eigenvalue weighted by Crippen LogP contribution is -2.46. The maximum atomic E-state index is 14.3. The Morgan fingerprint density at radius 2 is 1.55 bits per heavy atom. The van der Waals surface area contributed by atoms with Crippen LogP contribution in [0.3, 0.4) is 0 Å². The molecule has 4 rings (SSSR count). The van der Waals surface area contributed by atoms with Gasteiger partial charge in [-0.2, -0.15) is 0 Å². The molecule has 1 fully saturated rings. The first-order valence-corrected chi connectivity index (χ1v) is 11.3. The summed E-state index contributed by atoms with van der Waals surface area (Å²) in [5.74, 6) is -0.498. The van der Waals surface area contributed by atoms with Gasteiger partial charge in [-0.05, 0) is 35.4 Å². The second-order valence-electron chi connectivity index (χ2n) is 8.35. The van der Waals surface area contributed by atoms with Crippen LogP contribution in [0.1, 0.15) is 23.7 Å². The summed E-state index contributed by atoms with van der Waals surface area (Å²) in [5, 5.41) is 0. The summed E-state index contributed by atoms with van der Waals surface area (Å²) in [7, 11) is 1.62. The molecular weight excluding hydrogens is 422 g/mol. The van der Waals surface area contributed by atoms with E-state index < -0.39 is 11.6 Å². The summed E-state index contributed by atoms with van der Waals surface area (Å²) in [5.41, 5.74) is 2.27. The molecule has 0 saturated carbocycles. The number of hydrogen-bond donors (Lipinski definition) is 0. The van der Waals surface area contributed by atoms with E-state index in [-0.39, 0.29) is 11.9 Å². The third-order valence-electron chi connectivity index (χ3n) is 6.07. The molecule has 1 aliphatic heterocycles. The minimum absolute atomic E-state index is 0.0601. The lowest BCUT2D eigenvalue weighted by Gasteiger charge is -2.35. The monoisotopic (exact) mass is 452 g/mol. The van der Waals surface area contributed by atoms with Gasteiger partial charge in [-0.25, -0.2) is 8.78 Å². The van der Waals surface area contributed by atoms with Crippen LogP contribution in [-0.4, -0.2) is 49.6 Å². The van der Waals surface area contributed by atoms with Crippen LogP contribution in [0.15, 0.2) is 72.8 Å². The molecular formula is C27H30F2N2O2. The van der Waals surface area contributed by atoms with Crippen LogP contribution in [0.4, 0.5) is 8.78 Å². The summed E-state index contributed by atoms with van der Waals surface area (Å²) in [4.78, 5) is 4.89. The van der Waals surface area contributed by atoms with Gasteiger partial charge in [0.2, 0.25) is 0 Å². The van der Waals surface area contributed by atoms with Gasteiger partial charge in [0, 0.05) is 51.8 Å². The van der Waals surface area contributed by atoms with Gasteiger partial charge in [-0.3, -0.25) is 4.90 Å². The fourth-order valence-corrected chi connectivity index (χ4v) is 4.15. The number of benzene rings is 3. The van der Waals surface area contributed by atoms with Gasteiger partial charge >= 0.3 is 0 Å². The minimum Gasteiger partial charge on any atom is -0.497 e. The molecule has 0 amide bonds. The summed E-state index contributed by atoms with van der Waals surface area (Å²) in [6.45, 7) is 5.78. The molecule has 4 nitrogen and oxygen atoms in total. The Kier molecular flexibility index (Phi) is 7.92. The predicted molar refractivity (Wildman–Crippen MR) is 125 cm³/mol. The number of halogens is 2. The standard InChI is InChI=1S/C27H30F2N2O2/c1-32-24-10-7-22(8-11-24)26(33-27-12-9-23(28)19-25(27)29)13-14-30-15-17-31(18-16-30)20-21-5-3-2-4-6-21/h2-12,19,26H,13-18,20H2,1H3. The van der Waals surface area contributed by atoms with Gasteiger partial charge < -0.3 is 14.4 Å². The first-order valence-electron chi connectivity index (χ1n) is 11.3. The summed E-state index contributed by atoms with van der Waals surface area (Å²) in [6, 6.07) is 21.6. The molecule has 0 bridgehead atoms. The van der Waals surface area contributed by atoms with Crippen molar-refractivity contribution in [3.05, 3.63) is 95.6 Å². The van der Waals surface area contributed by atoms with Crippen LogP contribution >= 0.6 is 0 Å². The molecule has 1 saturated heterocycles. The first-order chi connectivity index (χ1) is 16.1. The third kappa shape index (κ3) is 6.53. The third-order valence-corrected chi connectivity index (χ3v) is 6.07. The first kappa shape index (κ1) is 23.2. The molecule has 0 aromatic heterocycles. The number of nitrogens with zero attached hydrogens (tertiary/aromatic N) is 2. The molecule has 33 heavy (non-hydrogen) atoms. The molecule has 0 aliphatic carbocycles. The lowest BCUT2D eigenvalue weighted by molar-refractivity contribution is 0.105. The van der Waals surface area contributed by atoms with Gasteiger partial charge in [-0.15, -0.1) is 0 Å². The highest BCUT2D eigenvalue weighted by Crippen LogP contribution is 2.29. The van der Waals surface area contributed by atoms with Crippen molar-refractivity contribution in [2.45, 2.75) is 19.1 Å². The van der Waals surface area contributed by atoms with E-state index in [1.165, 1.54) is 17.7 Å². The van der Waals surface area contributed by atoms with Gasteiger partial charge in [0.1, 0.15) is 17.7 Å². The lowest BCUT2D eigenvalue weighted by atomic mass is 10.1. The van der Waals surface area contributed by atoms with E-state index in [4.69, 9.17) is 9.47 Å². The molecule has 1 atom stereocenters. The Hall–Kier alpha value is -2.96. The molecule has 1 heterocycles. The second kappa shape index (κ2) is 11.3. The predicted octanol–water partition coefficient (Wildman–Crippen LogP) is 5.30. The van der Waals surface area contributed by atoms with Gasteiger partial charge in [0.15, 0.2) is 11.6 Å². The smallest absolute Gasteiger partial charge is 0.168 e. The van der Waals surface area contributed by atoms with Crippen LogP contribution in [0, 0.1) is 11.6 Å². The normalized spacial score (nSPS) is 15.8. The van der Waals surface area contributed by atoms with E-state index in [1.54, 1.807) is 7.11 Å². The van der Waals surface area contributed by atoms with Gasteiger partial charge in [0.05, 0.1) is 7.11 Å². The molecule has 174 valence electrons. The Balaban J connectivity index is 1.37. The van der Waals surface area contributed by atoms with Crippen molar-refractivity contribution in [3.8, 4) is 11.5 Å². The maximum absolute atomic E-state index is 14.3. The van der Waals surface area contributed by atoms with Crippen molar-refractivity contribution in [2.75, 3.05) is 39.8 Å². The zero-order valence-electron chi connectivity index (χ0n) is 18.9. The Labute approximate surface area is 194 Å².